The number of aromatic nitrogens is 2. The Labute approximate surface area is 217 Å². The fourth-order valence-corrected chi connectivity index (χ4v) is 5.06. The molecule has 38 heavy (non-hydrogen) atoms. The molecule has 1 atom stereocenters. The van der Waals surface area contributed by atoms with Gasteiger partial charge in [0.25, 0.3) is 11.5 Å². The van der Waals surface area contributed by atoms with Crippen molar-refractivity contribution >= 4 is 45.2 Å². The fraction of sp³-hybridized carbons (Fsp3) is 0.250. The van der Waals surface area contributed by atoms with Crippen molar-refractivity contribution in [2.45, 2.75) is 38.9 Å². The molecule has 0 unspecified atom stereocenters. The number of aryl methyl sites for hydroxylation is 1. The summed E-state index contributed by atoms with van der Waals surface area (Å²) in [7, 11) is 1.89. The Kier molecular flexibility index (Phi) is 6.31. The van der Waals surface area contributed by atoms with E-state index in [2.05, 4.69) is 9.97 Å². The lowest BCUT2D eigenvalue weighted by Gasteiger charge is -2.28. The molecule has 0 spiro atoms. The van der Waals surface area contributed by atoms with Crippen LogP contribution in [-0.2, 0) is 22.7 Å². The van der Waals surface area contributed by atoms with E-state index in [9.17, 15) is 29.4 Å². The first kappa shape index (κ1) is 24.9. The van der Waals surface area contributed by atoms with Gasteiger partial charge in [-0.15, -0.1) is 0 Å². The van der Waals surface area contributed by atoms with E-state index in [1.54, 1.807) is 19.1 Å². The minimum Gasteiger partial charge on any atom is -0.550 e. The molecule has 0 bridgehead atoms. The van der Waals surface area contributed by atoms with E-state index in [1.165, 1.54) is 0 Å². The Hall–Kier alpha value is -4.73. The number of carboxylic acids is 2. The summed E-state index contributed by atoms with van der Waals surface area (Å²) in [4.78, 5) is 58.3. The third kappa shape index (κ3) is 4.56. The largest absolute Gasteiger partial charge is 0.550 e. The molecule has 0 radical (unpaired) electrons. The van der Waals surface area contributed by atoms with Gasteiger partial charge in [-0.05, 0) is 72.0 Å². The second-order valence-electron chi connectivity index (χ2n) is 9.54. The van der Waals surface area contributed by atoms with Gasteiger partial charge in [0.2, 0.25) is 0 Å². The summed E-state index contributed by atoms with van der Waals surface area (Å²) in [5, 5.41) is 24.7. The number of H-pyrrole nitrogens is 1. The van der Waals surface area contributed by atoms with Crippen LogP contribution in [0.3, 0.4) is 0 Å². The van der Waals surface area contributed by atoms with E-state index in [0.29, 0.717) is 34.4 Å². The lowest BCUT2D eigenvalue weighted by atomic mass is 10.0. The maximum atomic E-state index is 12.9. The normalized spacial score (nSPS) is 13.6. The molecule has 1 aliphatic heterocycles. The van der Waals surface area contributed by atoms with Gasteiger partial charge in [0.15, 0.2) is 0 Å². The van der Waals surface area contributed by atoms with E-state index < -0.39 is 30.3 Å². The summed E-state index contributed by atoms with van der Waals surface area (Å²) in [5.74, 6) is -2.81. The number of nitrogens with one attached hydrogen (secondary N) is 1. The third-order valence-electron chi connectivity index (χ3n) is 6.93. The number of aromatic amines is 1. The average Bonchev–Trinajstić information content (AvgIpc) is 3.18. The van der Waals surface area contributed by atoms with Gasteiger partial charge in [0.05, 0.1) is 22.9 Å². The van der Waals surface area contributed by atoms with Crippen molar-refractivity contribution < 1.29 is 24.6 Å². The zero-order valence-electron chi connectivity index (χ0n) is 20.8. The Bertz CT molecular complexity index is 1680. The lowest BCUT2D eigenvalue weighted by molar-refractivity contribution is -0.312. The van der Waals surface area contributed by atoms with E-state index in [0.717, 1.165) is 26.9 Å². The minimum atomic E-state index is -1.50. The summed E-state index contributed by atoms with van der Waals surface area (Å²) in [5.41, 5.74) is 3.24. The van der Waals surface area contributed by atoms with E-state index >= 15 is 0 Å². The van der Waals surface area contributed by atoms with Crippen molar-refractivity contribution in [3.63, 3.8) is 0 Å². The van der Waals surface area contributed by atoms with Crippen molar-refractivity contribution in [1.29, 1.82) is 0 Å². The van der Waals surface area contributed by atoms with Crippen LogP contribution in [0.25, 0.3) is 21.7 Å². The van der Waals surface area contributed by atoms with Crippen LogP contribution in [0.2, 0.25) is 0 Å². The number of anilines is 1. The summed E-state index contributed by atoms with van der Waals surface area (Å²) in [6, 6.07) is 13.6. The molecular formula is C28H24N4O6-2. The van der Waals surface area contributed by atoms with Crippen LogP contribution < -0.4 is 20.7 Å². The molecule has 1 aromatic heterocycles. The van der Waals surface area contributed by atoms with Crippen molar-refractivity contribution in [3.8, 4) is 0 Å². The molecule has 0 saturated carbocycles. The number of nitrogens with zero attached hydrogens (tertiary/aromatic N) is 3. The standard InChI is InChI=1S/C28H26N4O6/c1-15-29-22-8-5-17-4-3-16(11-21(17)25(22)26(35)30-15)13-31(2)19-6-7-20-18(12-19)14-32(27(20)36)23(28(37)38)9-10-24(33)34/h3-8,11-12,23H,9-10,13-14H2,1-2H3,(H,33,34)(H,37,38)(H,29,30,35)/p-2/t23-/m0/s1. The van der Waals surface area contributed by atoms with Gasteiger partial charge in [-0.3, -0.25) is 9.59 Å². The second kappa shape index (κ2) is 9.62. The molecule has 3 aromatic carbocycles. The highest BCUT2D eigenvalue weighted by Gasteiger charge is 2.33. The number of carbonyl (C=O) groups is 3. The molecule has 10 heteroatoms. The highest BCUT2D eigenvalue weighted by Crippen LogP contribution is 2.30. The Balaban J connectivity index is 1.40. The van der Waals surface area contributed by atoms with E-state index in [4.69, 9.17) is 0 Å². The SMILES string of the molecule is Cc1nc2ccc3ccc(CN(C)c4ccc5c(c4)CN([C@@H](CCC(=O)[O-])C(=O)[O-])C5=O)cc3c2c(=O)[nH]1. The summed E-state index contributed by atoms with van der Waals surface area (Å²) >= 11 is 0. The first-order valence-electron chi connectivity index (χ1n) is 12.1. The molecule has 0 fully saturated rings. The molecule has 5 rings (SSSR count). The summed E-state index contributed by atoms with van der Waals surface area (Å²) in [6.07, 6.45) is -0.777. The highest BCUT2D eigenvalue weighted by atomic mass is 16.4. The first-order chi connectivity index (χ1) is 18.1. The molecule has 10 nitrogen and oxygen atoms in total. The molecule has 1 N–H and O–H groups in total. The molecular weight excluding hydrogens is 488 g/mol. The molecule has 4 aromatic rings. The molecule has 2 heterocycles. The van der Waals surface area contributed by atoms with Gasteiger partial charge in [-0.1, -0.05) is 18.2 Å². The van der Waals surface area contributed by atoms with Crippen LogP contribution in [0.5, 0.6) is 0 Å². The number of rotatable bonds is 8. The van der Waals surface area contributed by atoms with E-state index in [-0.39, 0.29) is 18.5 Å². The zero-order chi connectivity index (χ0) is 27.1. The van der Waals surface area contributed by atoms with E-state index in [1.807, 2.05) is 48.3 Å². The summed E-state index contributed by atoms with van der Waals surface area (Å²) < 4.78 is 0. The van der Waals surface area contributed by atoms with Crippen molar-refractivity contribution in [2.24, 2.45) is 0 Å². The average molecular weight is 513 g/mol. The molecule has 0 aliphatic carbocycles. The number of fused-ring (bicyclic) bond motifs is 4. The predicted octanol–water partition coefficient (Wildman–Crippen LogP) is 0.626. The van der Waals surface area contributed by atoms with Crippen LogP contribution >= 0.6 is 0 Å². The van der Waals surface area contributed by atoms with Crippen LogP contribution in [-0.4, -0.2) is 45.8 Å². The predicted molar refractivity (Wildman–Crippen MR) is 136 cm³/mol. The third-order valence-corrected chi connectivity index (χ3v) is 6.93. The Morgan fingerprint density at radius 3 is 2.61 bits per heavy atom. The molecule has 194 valence electrons. The van der Waals surface area contributed by atoms with Crippen molar-refractivity contribution in [3.05, 3.63) is 81.4 Å². The van der Waals surface area contributed by atoms with Gasteiger partial charge in [0, 0.05) is 37.4 Å². The number of aliphatic carboxylic acids is 2. The quantitative estimate of drug-likeness (QED) is 0.338. The van der Waals surface area contributed by atoms with Crippen LogP contribution in [0, 0.1) is 6.92 Å². The van der Waals surface area contributed by atoms with Crippen LogP contribution in [0.1, 0.15) is 40.2 Å². The summed E-state index contributed by atoms with van der Waals surface area (Å²) in [6.45, 7) is 2.29. The number of hydrogen-bond acceptors (Lipinski definition) is 8. The van der Waals surface area contributed by atoms with Gasteiger partial charge in [0.1, 0.15) is 5.82 Å². The topological polar surface area (TPSA) is 150 Å². The minimum absolute atomic E-state index is 0.0404. The van der Waals surface area contributed by atoms with Gasteiger partial charge >= 0.3 is 0 Å². The smallest absolute Gasteiger partial charge is 0.259 e. The number of hydrogen-bond donors (Lipinski definition) is 1. The van der Waals surface area contributed by atoms with Crippen LogP contribution in [0.4, 0.5) is 5.69 Å². The number of carbonyl (C=O) groups excluding carboxylic acids is 3. The lowest BCUT2D eigenvalue weighted by Crippen LogP contribution is -2.48. The van der Waals surface area contributed by atoms with Crippen molar-refractivity contribution in [2.75, 3.05) is 11.9 Å². The molecule has 1 aliphatic rings. The number of amides is 1. The number of carboxylic acid groups (broad SMARTS) is 2. The number of benzene rings is 3. The van der Waals surface area contributed by atoms with Gasteiger partial charge < -0.3 is 34.6 Å². The maximum absolute atomic E-state index is 12.9. The fourth-order valence-electron chi connectivity index (χ4n) is 5.06. The molecule has 0 saturated heterocycles. The Morgan fingerprint density at radius 2 is 1.87 bits per heavy atom. The molecule has 1 amide bonds. The monoisotopic (exact) mass is 512 g/mol. The van der Waals surface area contributed by atoms with Crippen LogP contribution in [0.15, 0.2) is 53.3 Å². The second-order valence-corrected chi connectivity index (χ2v) is 9.54. The highest BCUT2D eigenvalue weighted by molar-refractivity contribution is 6.06. The maximum Gasteiger partial charge on any atom is 0.259 e. The van der Waals surface area contributed by atoms with Gasteiger partial charge in [-0.2, -0.15) is 0 Å². The zero-order valence-corrected chi connectivity index (χ0v) is 20.8. The van der Waals surface area contributed by atoms with Gasteiger partial charge in [-0.25, -0.2) is 4.98 Å². The Morgan fingerprint density at radius 1 is 1.11 bits per heavy atom. The van der Waals surface area contributed by atoms with Crippen molar-refractivity contribution in [1.82, 2.24) is 14.9 Å². The first-order valence-corrected chi connectivity index (χ1v) is 12.1.